The Bertz CT molecular complexity index is 1160. The molecule has 5 nitrogen and oxygen atoms in total. The van der Waals surface area contributed by atoms with E-state index in [2.05, 4.69) is 0 Å². The van der Waals surface area contributed by atoms with Gasteiger partial charge in [-0.3, -0.25) is 14.4 Å². The smallest absolute Gasteiger partial charge is 0.349 e. The van der Waals surface area contributed by atoms with Crippen LogP contribution < -0.4 is 10.6 Å². The first-order valence-electron chi connectivity index (χ1n) is 9.99. The summed E-state index contributed by atoms with van der Waals surface area (Å²) in [6.07, 6.45) is 0.170. The van der Waals surface area contributed by atoms with Crippen LogP contribution in [0.1, 0.15) is 27.0 Å². The molecule has 0 aliphatic carbocycles. The Morgan fingerprint density at radius 2 is 1.33 bits per heavy atom. The maximum Gasteiger partial charge on any atom is 0.349 e. The van der Waals surface area contributed by atoms with Gasteiger partial charge < -0.3 is 10.6 Å². The normalized spacial score (nSPS) is 11.2. The van der Waals surface area contributed by atoms with E-state index in [0.29, 0.717) is 21.8 Å². The van der Waals surface area contributed by atoms with Gasteiger partial charge >= 0.3 is 5.92 Å². The van der Waals surface area contributed by atoms with Crippen molar-refractivity contribution in [3.05, 3.63) is 100 Å². The zero-order chi connectivity index (χ0) is 24.2. The lowest BCUT2D eigenvalue weighted by atomic mass is 9.99. The van der Waals surface area contributed by atoms with E-state index in [0.717, 1.165) is 17.7 Å². The number of nitrogens with zero attached hydrogens (tertiary/aromatic N) is 1. The zero-order valence-electron chi connectivity index (χ0n) is 17.7. The van der Waals surface area contributed by atoms with Crippen molar-refractivity contribution in [3.8, 4) is 0 Å². The molecule has 0 aliphatic rings. The minimum absolute atomic E-state index is 0.0441. The Balaban J connectivity index is 1.60. The van der Waals surface area contributed by atoms with Crippen LogP contribution >= 0.6 is 11.6 Å². The van der Waals surface area contributed by atoms with Gasteiger partial charge in [0.25, 0.3) is 11.8 Å². The quantitative estimate of drug-likeness (QED) is 0.524. The first-order chi connectivity index (χ1) is 15.6. The second kappa shape index (κ2) is 9.92. The molecule has 0 unspecified atom stereocenters. The lowest BCUT2D eigenvalue weighted by Crippen LogP contribution is -2.32. The first-order valence-corrected chi connectivity index (χ1v) is 10.4. The van der Waals surface area contributed by atoms with E-state index in [-0.39, 0.29) is 24.5 Å². The number of hydrogen-bond donors (Lipinski definition) is 1. The van der Waals surface area contributed by atoms with Gasteiger partial charge in [-0.1, -0.05) is 48.0 Å². The molecule has 0 saturated carbocycles. The van der Waals surface area contributed by atoms with Gasteiger partial charge in [0.1, 0.15) is 5.78 Å². The van der Waals surface area contributed by atoms with Crippen molar-refractivity contribution in [1.29, 1.82) is 0 Å². The number of amides is 2. The molecule has 8 heteroatoms. The van der Waals surface area contributed by atoms with Gasteiger partial charge in [-0.05, 0) is 47.5 Å². The van der Waals surface area contributed by atoms with Crippen LogP contribution in [0.2, 0.25) is 5.02 Å². The number of benzene rings is 3. The van der Waals surface area contributed by atoms with Gasteiger partial charge in [-0.15, -0.1) is 0 Å². The van der Waals surface area contributed by atoms with E-state index >= 15 is 0 Å². The number of rotatable bonds is 8. The molecule has 0 atom stereocenters. The predicted octanol–water partition coefficient (Wildman–Crippen LogP) is 4.55. The predicted molar refractivity (Wildman–Crippen MR) is 123 cm³/mol. The summed E-state index contributed by atoms with van der Waals surface area (Å²) in [6.45, 7) is 0. The summed E-state index contributed by atoms with van der Waals surface area (Å²) >= 11 is 5.88. The highest BCUT2D eigenvalue weighted by Gasteiger charge is 2.38. The number of Topliss-reactive ketones (excluding diaryl/α,β-unsaturated/α-hetero) is 1. The fourth-order valence-corrected chi connectivity index (χ4v) is 3.36. The maximum absolute atomic E-state index is 13.6. The molecule has 0 spiro atoms. The van der Waals surface area contributed by atoms with E-state index < -0.39 is 17.4 Å². The average Bonchev–Trinajstić information content (AvgIpc) is 2.79. The summed E-state index contributed by atoms with van der Waals surface area (Å²) in [7, 11) is 1.66. The van der Waals surface area contributed by atoms with Crippen molar-refractivity contribution in [2.24, 2.45) is 5.73 Å². The van der Waals surface area contributed by atoms with E-state index in [4.69, 9.17) is 17.3 Å². The second-order valence-electron chi connectivity index (χ2n) is 7.57. The largest absolute Gasteiger partial charge is 0.364 e. The number of carbonyl (C=O) groups is 3. The minimum atomic E-state index is -3.76. The lowest BCUT2D eigenvalue weighted by Gasteiger charge is -2.17. The number of alkyl halides is 2. The molecule has 0 fully saturated rings. The number of halogens is 3. The minimum Gasteiger partial charge on any atom is -0.364 e. The summed E-state index contributed by atoms with van der Waals surface area (Å²) in [5.74, 6) is -5.82. The van der Waals surface area contributed by atoms with Crippen LogP contribution in [0.5, 0.6) is 0 Å². The molecule has 2 N–H and O–H groups in total. The topological polar surface area (TPSA) is 80.5 Å². The van der Waals surface area contributed by atoms with Crippen LogP contribution in [0.4, 0.5) is 14.5 Å². The van der Waals surface area contributed by atoms with Gasteiger partial charge in [0, 0.05) is 41.7 Å². The van der Waals surface area contributed by atoms with Crippen LogP contribution in [0.25, 0.3) is 0 Å². The average molecular weight is 471 g/mol. The summed E-state index contributed by atoms with van der Waals surface area (Å²) in [5, 5.41) is 0.577. The fraction of sp³-hybridized carbons (Fsp3) is 0.160. The molecule has 2 amide bonds. The van der Waals surface area contributed by atoms with E-state index in [1.165, 1.54) is 17.0 Å². The van der Waals surface area contributed by atoms with E-state index in [1.54, 1.807) is 55.6 Å². The second-order valence-corrected chi connectivity index (χ2v) is 8.00. The van der Waals surface area contributed by atoms with Crippen LogP contribution in [-0.4, -0.2) is 24.6 Å². The highest BCUT2D eigenvalue weighted by molar-refractivity contribution is 6.30. The van der Waals surface area contributed by atoms with Gasteiger partial charge in [0.05, 0.1) is 0 Å². The number of nitrogens with two attached hydrogens (primary N) is 1. The molecule has 0 aromatic heterocycles. The van der Waals surface area contributed by atoms with Crippen molar-refractivity contribution < 1.29 is 23.2 Å². The molecular formula is C25H21ClF2N2O3. The molecule has 3 rings (SSSR count). The third-order valence-corrected chi connectivity index (χ3v) is 5.40. The Morgan fingerprint density at radius 3 is 1.82 bits per heavy atom. The Kier molecular flexibility index (Phi) is 7.23. The SMILES string of the molecule is CN(C(=O)c1ccc(CC(=O)Cc2ccc(C(F)(F)C(N)=O)cc2)cc1)c1ccc(Cl)cc1. The third kappa shape index (κ3) is 5.81. The van der Waals surface area contributed by atoms with Gasteiger partial charge in [0.2, 0.25) is 0 Å². The molecule has 3 aromatic carbocycles. The molecule has 0 aliphatic heterocycles. The number of anilines is 1. The highest BCUT2D eigenvalue weighted by Crippen LogP contribution is 2.27. The van der Waals surface area contributed by atoms with Crippen LogP contribution in [0.15, 0.2) is 72.8 Å². The van der Waals surface area contributed by atoms with Crippen LogP contribution in [-0.2, 0) is 28.4 Å². The van der Waals surface area contributed by atoms with Crippen LogP contribution in [0.3, 0.4) is 0 Å². The molecule has 0 radical (unpaired) electrons. The number of hydrogen-bond acceptors (Lipinski definition) is 3. The number of primary amides is 1. The van der Waals surface area contributed by atoms with Gasteiger partial charge in [-0.2, -0.15) is 8.78 Å². The summed E-state index contributed by atoms with van der Waals surface area (Å²) in [6, 6.07) is 18.5. The summed E-state index contributed by atoms with van der Waals surface area (Å²) < 4.78 is 27.3. The molecule has 3 aromatic rings. The molecular weight excluding hydrogens is 450 g/mol. The molecule has 0 bridgehead atoms. The summed E-state index contributed by atoms with van der Waals surface area (Å²) in [4.78, 5) is 37.5. The number of ketones is 1. The molecule has 0 saturated heterocycles. The maximum atomic E-state index is 13.6. The zero-order valence-corrected chi connectivity index (χ0v) is 18.5. The lowest BCUT2D eigenvalue weighted by molar-refractivity contribution is -0.143. The van der Waals surface area contributed by atoms with Crippen molar-refractivity contribution in [1.82, 2.24) is 0 Å². The standard InChI is InChI=1S/C25H21ClF2N2O3/c1-30(21-12-10-20(26)11-13-21)23(32)18-6-2-16(3-7-18)14-22(31)15-17-4-8-19(9-5-17)25(27,28)24(29)33/h2-13H,14-15H2,1H3,(H2,29,33). The highest BCUT2D eigenvalue weighted by atomic mass is 35.5. The van der Waals surface area contributed by atoms with Gasteiger partial charge in [0.15, 0.2) is 0 Å². The van der Waals surface area contributed by atoms with Crippen molar-refractivity contribution in [3.63, 3.8) is 0 Å². The molecule has 170 valence electrons. The molecule has 33 heavy (non-hydrogen) atoms. The summed E-state index contributed by atoms with van der Waals surface area (Å²) in [5.41, 5.74) is 6.63. The fourth-order valence-electron chi connectivity index (χ4n) is 3.23. The number of carbonyl (C=O) groups excluding carboxylic acids is 3. The van der Waals surface area contributed by atoms with E-state index in [9.17, 15) is 23.2 Å². The molecule has 0 heterocycles. The van der Waals surface area contributed by atoms with Crippen LogP contribution in [0, 0.1) is 0 Å². The monoisotopic (exact) mass is 470 g/mol. The van der Waals surface area contributed by atoms with Gasteiger partial charge in [-0.25, -0.2) is 0 Å². The Labute approximate surface area is 194 Å². The van der Waals surface area contributed by atoms with E-state index in [1.807, 2.05) is 0 Å². The Morgan fingerprint density at radius 1 is 0.848 bits per heavy atom. The van der Waals surface area contributed by atoms with Crippen molar-refractivity contribution in [2.45, 2.75) is 18.8 Å². The van der Waals surface area contributed by atoms with Crippen molar-refractivity contribution >= 4 is 34.9 Å². The Hall–Kier alpha value is -3.58. The first kappa shape index (κ1) is 24.1. The van der Waals surface area contributed by atoms with Crippen molar-refractivity contribution in [2.75, 3.05) is 11.9 Å². The third-order valence-electron chi connectivity index (χ3n) is 5.15.